The molecule has 2 aromatic carbocycles. The van der Waals surface area contributed by atoms with E-state index in [2.05, 4.69) is 78.1 Å². The minimum Gasteiger partial charge on any atom is -0.356 e. The third-order valence-corrected chi connectivity index (χ3v) is 6.18. The monoisotopic (exact) mass is 450 g/mol. The van der Waals surface area contributed by atoms with E-state index in [9.17, 15) is 4.79 Å². The number of nitrogens with one attached hydrogen (secondary N) is 1. The quantitative estimate of drug-likeness (QED) is 0.411. The zero-order chi connectivity index (χ0) is 22.9. The standard InChI is InChI=1S/C26H34N4OS/c1-19(2)17-30-24(10-11-25(31)27-13-12-22-8-6-5-7-9-22)28-29-26(30)32-18-23-15-20(3)14-21(4)16-23/h5-9,14-16,19H,10-13,17-18H2,1-4H3,(H,27,31). The number of benzene rings is 2. The highest BCUT2D eigenvalue weighted by Gasteiger charge is 2.15. The van der Waals surface area contributed by atoms with Gasteiger partial charge in [-0.2, -0.15) is 0 Å². The number of aromatic nitrogens is 3. The van der Waals surface area contributed by atoms with Crippen LogP contribution in [0.1, 0.15) is 48.3 Å². The van der Waals surface area contributed by atoms with E-state index in [1.807, 2.05) is 18.2 Å². The van der Waals surface area contributed by atoms with Gasteiger partial charge in [0.25, 0.3) is 0 Å². The summed E-state index contributed by atoms with van der Waals surface area (Å²) < 4.78 is 2.19. The molecule has 0 saturated heterocycles. The fourth-order valence-electron chi connectivity index (χ4n) is 3.76. The van der Waals surface area contributed by atoms with E-state index in [4.69, 9.17) is 0 Å². The van der Waals surface area contributed by atoms with Gasteiger partial charge in [0.1, 0.15) is 5.82 Å². The van der Waals surface area contributed by atoms with Gasteiger partial charge >= 0.3 is 0 Å². The highest BCUT2D eigenvalue weighted by Crippen LogP contribution is 2.24. The average molecular weight is 451 g/mol. The topological polar surface area (TPSA) is 59.8 Å². The Morgan fingerprint density at radius 2 is 1.72 bits per heavy atom. The van der Waals surface area contributed by atoms with Crippen LogP contribution in [0.3, 0.4) is 0 Å². The van der Waals surface area contributed by atoms with Gasteiger partial charge in [-0.3, -0.25) is 4.79 Å². The molecule has 1 amide bonds. The van der Waals surface area contributed by atoms with Crippen LogP contribution in [0.15, 0.2) is 53.7 Å². The third-order valence-electron chi connectivity index (χ3n) is 5.14. The van der Waals surface area contributed by atoms with Crippen molar-refractivity contribution in [3.63, 3.8) is 0 Å². The van der Waals surface area contributed by atoms with Gasteiger partial charge in [-0.05, 0) is 37.3 Å². The minimum atomic E-state index is 0.0597. The Morgan fingerprint density at radius 1 is 1.00 bits per heavy atom. The van der Waals surface area contributed by atoms with E-state index < -0.39 is 0 Å². The summed E-state index contributed by atoms with van der Waals surface area (Å²) in [6.07, 6.45) is 1.86. The number of nitrogens with zero attached hydrogens (tertiary/aromatic N) is 3. The summed E-state index contributed by atoms with van der Waals surface area (Å²) in [5, 5.41) is 12.8. The van der Waals surface area contributed by atoms with Crippen molar-refractivity contribution in [3.8, 4) is 0 Å². The van der Waals surface area contributed by atoms with Gasteiger partial charge in [-0.1, -0.05) is 85.3 Å². The molecule has 0 aliphatic rings. The number of rotatable bonds is 11. The molecule has 0 saturated carbocycles. The first-order valence-electron chi connectivity index (χ1n) is 11.3. The molecule has 0 atom stereocenters. The summed E-state index contributed by atoms with van der Waals surface area (Å²) in [7, 11) is 0. The van der Waals surface area contributed by atoms with Gasteiger partial charge in [0.05, 0.1) is 0 Å². The highest BCUT2D eigenvalue weighted by atomic mass is 32.2. The molecule has 0 spiro atoms. The van der Waals surface area contributed by atoms with Crippen LogP contribution in [0.25, 0.3) is 0 Å². The summed E-state index contributed by atoms with van der Waals surface area (Å²) in [6.45, 7) is 10.2. The Balaban J connectivity index is 1.56. The molecule has 3 aromatic rings. The Hall–Kier alpha value is -2.60. The third kappa shape index (κ3) is 7.52. The van der Waals surface area contributed by atoms with Crippen LogP contribution in [0.4, 0.5) is 0 Å². The van der Waals surface area contributed by atoms with Gasteiger partial charge in [0.15, 0.2) is 5.16 Å². The van der Waals surface area contributed by atoms with E-state index in [1.54, 1.807) is 11.8 Å². The highest BCUT2D eigenvalue weighted by molar-refractivity contribution is 7.98. The van der Waals surface area contributed by atoms with Crippen molar-refractivity contribution in [2.45, 2.75) is 64.4 Å². The maximum absolute atomic E-state index is 12.3. The number of hydrogen-bond acceptors (Lipinski definition) is 4. The lowest BCUT2D eigenvalue weighted by Crippen LogP contribution is -2.26. The van der Waals surface area contributed by atoms with Crippen molar-refractivity contribution >= 4 is 17.7 Å². The van der Waals surface area contributed by atoms with E-state index >= 15 is 0 Å². The van der Waals surface area contributed by atoms with Crippen LogP contribution in [-0.2, 0) is 29.9 Å². The first-order valence-corrected chi connectivity index (χ1v) is 12.3. The number of carbonyl (C=O) groups is 1. The Morgan fingerprint density at radius 3 is 2.41 bits per heavy atom. The molecule has 1 N–H and O–H groups in total. The van der Waals surface area contributed by atoms with Crippen LogP contribution in [0.5, 0.6) is 0 Å². The van der Waals surface area contributed by atoms with Gasteiger partial charge < -0.3 is 9.88 Å². The summed E-state index contributed by atoms with van der Waals surface area (Å²) in [6, 6.07) is 16.9. The first-order chi connectivity index (χ1) is 15.4. The number of amides is 1. The predicted octanol–water partition coefficient (Wildman–Crippen LogP) is 5.13. The maximum Gasteiger partial charge on any atom is 0.220 e. The van der Waals surface area contributed by atoms with Crippen molar-refractivity contribution in [3.05, 3.63) is 76.6 Å². The number of carbonyl (C=O) groups excluding carboxylic acids is 1. The van der Waals surface area contributed by atoms with Crippen molar-refractivity contribution in [1.29, 1.82) is 0 Å². The molecule has 32 heavy (non-hydrogen) atoms. The average Bonchev–Trinajstić information content (AvgIpc) is 3.11. The Kier molecular flexibility index (Phi) is 8.91. The number of aryl methyl sites for hydroxylation is 3. The smallest absolute Gasteiger partial charge is 0.220 e. The number of hydrogen-bond donors (Lipinski definition) is 1. The molecule has 0 aliphatic carbocycles. The zero-order valence-electron chi connectivity index (χ0n) is 19.6. The molecule has 0 bridgehead atoms. The minimum absolute atomic E-state index is 0.0597. The Bertz CT molecular complexity index is 994. The van der Waals surface area contributed by atoms with Crippen molar-refractivity contribution in [1.82, 2.24) is 20.1 Å². The predicted molar refractivity (Wildman–Crippen MR) is 132 cm³/mol. The van der Waals surface area contributed by atoms with E-state index in [0.717, 1.165) is 29.7 Å². The van der Waals surface area contributed by atoms with E-state index in [0.29, 0.717) is 25.3 Å². The maximum atomic E-state index is 12.3. The van der Waals surface area contributed by atoms with E-state index in [1.165, 1.54) is 22.3 Å². The second kappa shape index (κ2) is 11.9. The molecule has 5 nitrogen and oxygen atoms in total. The molecular weight excluding hydrogens is 416 g/mol. The van der Waals surface area contributed by atoms with Crippen molar-refractivity contribution < 1.29 is 4.79 Å². The zero-order valence-corrected chi connectivity index (χ0v) is 20.4. The summed E-state index contributed by atoms with van der Waals surface area (Å²) in [5.74, 6) is 2.29. The molecule has 6 heteroatoms. The largest absolute Gasteiger partial charge is 0.356 e. The Labute approximate surface area is 196 Å². The second-order valence-electron chi connectivity index (χ2n) is 8.77. The van der Waals surface area contributed by atoms with Gasteiger partial charge in [-0.25, -0.2) is 0 Å². The number of thioether (sulfide) groups is 1. The fourth-order valence-corrected chi connectivity index (χ4v) is 4.66. The van der Waals surface area contributed by atoms with Gasteiger partial charge in [0, 0.05) is 31.7 Å². The lowest BCUT2D eigenvalue weighted by molar-refractivity contribution is -0.121. The molecular formula is C26H34N4OS. The fraction of sp³-hybridized carbons (Fsp3) is 0.423. The molecule has 0 fully saturated rings. The summed E-state index contributed by atoms with van der Waals surface area (Å²) in [5.41, 5.74) is 5.09. The summed E-state index contributed by atoms with van der Waals surface area (Å²) >= 11 is 1.71. The molecule has 3 rings (SSSR count). The summed E-state index contributed by atoms with van der Waals surface area (Å²) in [4.78, 5) is 12.3. The SMILES string of the molecule is Cc1cc(C)cc(CSc2nnc(CCC(=O)NCCc3ccccc3)n2CC(C)C)c1. The van der Waals surface area contributed by atoms with Crippen LogP contribution < -0.4 is 5.32 Å². The lowest BCUT2D eigenvalue weighted by Gasteiger charge is -2.13. The van der Waals surface area contributed by atoms with Gasteiger partial charge in [0.2, 0.25) is 5.91 Å². The van der Waals surface area contributed by atoms with Crippen LogP contribution >= 0.6 is 11.8 Å². The van der Waals surface area contributed by atoms with Crippen LogP contribution in [-0.4, -0.2) is 27.2 Å². The molecule has 0 radical (unpaired) electrons. The normalized spacial score (nSPS) is 11.2. The first kappa shape index (κ1) is 24.1. The van der Waals surface area contributed by atoms with E-state index in [-0.39, 0.29) is 5.91 Å². The van der Waals surface area contributed by atoms with Crippen LogP contribution in [0.2, 0.25) is 0 Å². The van der Waals surface area contributed by atoms with Gasteiger partial charge in [-0.15, -0.1) is 10.2 Å². The van der Waals surface area contributed by atoms with Crippen LogP contribution in [0, 0.1) is 19.8 Å². The van der Waals surface area contributed by atoms with Crippen molar-refractivity contribution in [2.75, 3.05) is 6.54 Å². The lowest BCUT2D eigenvalue weighted by atomic mass is 10.1. The second-order valence-corrected chi connectivity index (χ2v) is 9.72. The van der Waals surface area contributed by atoms with Crippen molar-refractivity contribution in [2.24, 2.45) is 5.92 Å². The molecule has 0 aliphatic heterocycles. The molecule has 170 valence electrons. The molecule has 1 heterocycles. The molecule has 1 aromatic heterocycles. The molecule has 0 unspecified atom stereocenters.